The Morgan fingerprint density at radius 1 is 0.920 bits per heavy atom. The van der Waals surface area contributed by atoms with Gasteiger partial charge in [0.2, 0.25) is 0 Å². The van der Waals surface area contributed by atoms with Crippen molar-refractivity contribution in [2.75, 3.05) is 0 Å². The van der Waals surface area contributed by atoms with Crippen molar-refractivity contribution in [2.24, 2.45) is 0 Å². The van der Waals surface area contributed by atoms with Gasteiger partial charge in [-0.3, -0.25) is 9.67 Å². The quantitative estimate of drug-likeness (QED) is 0.518. The van der Waals surface area contributed by atoms with Gasteiger partial charge in [-0.25, -0.2) is 0 Å². The first-order chi connectivity index (χ1) is 12.3. The van der Waals surface area contributed by atoms with Crippen LogP contribution in [0.5, 0.6) is 0 Å². The molecule has 5 rings (SSSR count). The lowest BCUT2D eigenvalue weighted by Gasteiger charge is -2.09. The Kier molecular flexibility index (Phi) is 3.20. The molecule has 0 N–H and O–H groups in total. The van der Waals surface area contributed by atoms with Gasteiger partial charge in [0.15, 0.2) is 0 Å². The monoisotopic (exact) mass is 325 g/mol. The maximum absolute atomic E-state index is 4.94. The highest BCUT2D eigenvalue weighted by Crippen LogP contribution is 2.39. The summed E-state index contributed by atoms with van der Waals surface area (Å²) in [6.45, 7) is 3.03. The minimum absolute atomic E-state index is 0.963. The molecule has 0 amide bonds. The number of benzene rings is 2. The van der Waals surface area contributed by atoms with Gasteiger partial charge in [0.25, 0.3) is 0 Å². The summed E-state index contributed by atoms with van der Waals surface area (Å²) in [5.41, 5.74) is 6.86. The molecule has 0 spiro atoms. The van der Waals surface area contributed by atoms with Crippen LogP contribution in [0.3, 0.4) is 0 Å². The lowest BCUT2D eigenvalue weighted by atomic mass is 9.94. The Bertz CT molecular complexity index is 1090. The molecule has 4 aromatic rings. The van der Waals surface area contributed by atoms with E-state index >= 15 is 0 Å². The maximum atomic E-state index is 4.94. The number of nitrogens with zero attached hydrogens (tertiary/aromatic N) is 3. The number of hydrogen-bond donors (Lipinski definition) is 0. The predicted molar refractivity (Wildman–Crippen MR) is 101 cm³/mol. The third-order valence-electron chi connectivity index (χ3n) is 5.03. The summed E-state index contributed by atoms with van der Waals surface area (Å²) >= 11 is 0. The number of aromatic nitrogens is 3. The topological polar surface area (TPSA) is 30.7 Å². The molecule has 0 unspecified atom stereocenters. The summed E-state index contributed by atoms with van der Waals surface area (Å²) < 4.78 is 2.18. The second kappa shape index (κ2) is 5.55. The third-order valence-corrected chi connectivity index (χ3v) is 5.03. The molecule has 3 nitrogen and oxygen atoms in total. The Balaban J connectivity index is 1.84. The highest BCUT2D eigenvalue weighted by molar-refractivity contribution is 6.00. The molecule has 0 saturated heterocycles. The average molecular weight is 325 g/mol. The first-order valence-electron chi connectivity index (χ1n) is 8.83. The number of rotatable bonds is 2. The number of pyridine rings is 1. The van der Waals surface area contributed by atoms with Gasteiger partial charge in [-0.2, -0.15) is 5.10 Å². The molecule has 2 aromatic carbocycles. The molecule has 2 aromatic heterocycles. The zero-order valence-corrected chi connectivity index (χ0v) is 14.2. The van der Waals surface area contributed by atoms with Crippen LogP contribution in [0.4, 0.5) is 0 Å². The van der Waals surface area contributed by atoms with Crippen molar-refractivity contribution in [3.63, 3.8) is 0 Å². The van der Waals surface area contributed by atoms with E-state index in [0.717, 1.165) is 30.0 Å². The molecule has 0 fully saturated rings. The van der Waals surface area contributed by atoms with Crippen LogP contribution in [-0.4, -0.2) is 14.8 Å². The lowest BCUT2D eigenvalue weighted by molar-refractivity contribution is 0.658. The van der Waals surface area contributed by atoms with Crippen LogP contribution in [-0.2, 0) is 13.0 Å². The Labute approximate surface area is 147 Å². The van der Waals surface area contributed by atoms with Gasteiger partial charge in [0.1, 0.15) is 5.69 Å². The molecule has 1 aliphatic rings. The van der Waals surface area contributed by atoms with Crippen molar-refractivity contribution in [1.29, 1.82) is 0 Å². The van der Waals surface area contributed by atoms with Crippen LogP contribution in [0.2, 0.25) is 0 Å². The van der Waals surface area contributed by atoms with E-state index in [4.69, 9.17) is 10.1 Å². The van der Waals surface area contributed by atoms with E-state index in [1.807, 2.05) is 13.0 Å². The molecular weight excluding hydrogens is 306 g/mol. The van der Waals surface area contributed by atoms with Gasteiger partial charge in [-0.05, 0) is 48.2 Å². The SMILES string of the molecule is Cc1cccc(-c2nn3c(c2-c2cccc4ccccc24)CCC3)n1. The lowest BCUT2D eigenvalue weighted by Crippen LogP contribution is -1.95. The number of aryl methyl sites for hydroxylation is 2. The summed E-state index contributed by atoms with van der Waals surface area (Å²) in [6, 6.07) is 21.3. The van der Waals surface area contributed by atoms with Crippen LogP contribution in [0.1, 0.15) is 17.8 Å². The van der Waals surface area contributed by atoms with Crippen LogP contribution < -0.4 is 0 Å². The molecule has 3 heterocycles. The van der Waals surface area contributed by atoms with E-state index in [1.54, 1.807) is 0 Å². The zero-order chi connectivity index (χ0) is 16.8. The van der Waals surface area contributed by atoms with Gasteiger partial charge in [0, 0.05) is 23.5 Å². The molecule has 0 radical (unpaired) electrons. The largest absolute Gasteiger partial charge is 0.268 e. The van der Waals surface area contributed by atoms with E-state index in [1.165, 1.54) is 34.0 Å². The number of fused-ring (bicyclic) bond motifs is 2. The fraction of sp³-hybridized carbons (Fsp3) is 0.182. The minimum Gasteiger partial charge on any atom is -0.268 e. The molecule has 0 saturated carbocycles. The molecule has 3 heteroatoms. The normalized spacial score (nSPS) is 13.3. The molecule has 25 heavy (non-hydrogen) atoms. The second-order valence-corrected chi connectivity index (χ2v) is 6.69. The first kappa shape index (κ1) is 14.4. The second-order valence-electron chi connectivity index (χ2n) is 6.69. The van der Waals surface area contributed by atoms with Gasteiger partial charge in [0.05, 0.1) is 5.69 Å². The summed E-state index contributed by atoms with van der Waals surface area (Å²) in [5.74, 6) is 0. The summed E-state index contributed by atoms with van der Waals surface area (Å²) in [5, 5.41) is 7.48. The van der Waals surface area contributed by atoms with Crippen molar-refractivity contribution >= 4 is 10.8 Å². The van der Waals surface area contributed by atoms with Gasteiger partial charge < -0.3 is 0 Å². The minimum atomic E-state index is 0.963. The average Bonchev–Trinajstić information content (AvgIpc) is 3.22. The molecule has 122 valence electrons. The zero-order valence-electron chi connectivity index (χ0n) is 14.2. The van der Waals surface area contributed by atoms with Crippen molar-refractivity contribution in [3.8, 4) is 22.5 Å². The molecule has 0 atom stereocenters. The van der Waals surface area contributed by atoms with Gasteiger partial charge >= 0.3 is 0 Å². The Morgan fingerprint density at radius 3 is 2.68 bits per heavy atom. The molecule has 0 bridgehead atoms. The molecule has 0 aliphatic carbocycles. The highest BCUT2D eigenvalue weighted by Gasteiger charge is 2.25. The van der Waals surface area contributed by atoms with E-state index < -0.39 is 0 Å². The maximum Gasteiger partial charge on any atom is 0.119 e. The number of hydrogen-bond acceptors (Lipinski definition) is 2. The van der Waals surface area contributed by atoms with E-state index in [0.29, 0.717) is 0 Å². The molecular formula is C22H19N3. The first-order valence-corrected chi connectivity index (χ1v) is 8.83. The van der Waals surface area contributed by atoms with Crippen molar-refractivity contribution in [3.05, 3.63) is 72.1 Å². The summed E-state index contributed by atoms with van der Waals surface area (Å²) in [4.78, 5) is 4.75. The van der Waals surface area contributed by atoms with E-state index in [9.17, 15) is 0 Å². The third kappa shape index (κ3) is 2.27. The fourth-order valence-corrected chi connectivity index (χ4v) is 3.91. The van der Waals surface area contributed by atoms with Crippen LogP contribution in [0.15, 0.2) is 60.7 Å². The van der Waals surface area contributed by atoms with E-state index in [-0.39, 0.29) is 0 Å². The van der Waals surface area contributed by atoms with Gasteiger partial charge in [-0.15, -0.1) is 0 Å². The predicted octanol–water partition coefficient (Wildman–Crippen LogP) is 5.02. The standard InChI is InChI=1S/C22H19N3/c1-15-7-4-12-19(23-15)22-21(20-13-6-14-25(20)24-22)18-11-5-9-16-8-2-3-10-17(16)18/h2-5,7-12H,6,13-14H2,1H3. The summed E-state index contributed by atoms with van der Waals surface area (Å²) in [6.07, 6.45) is 2.25. The van der Waals surface area contributed by atoms with Crippen LogP contribution >= 0.6 is 0 Å². The van der Waals surface area contributed by atoms with Crippen molar-refractivity contribution in [2.45, 2.75) is 26.3 Å². The van der Waals surface area contributed by atoms with Crippen LogP contribution in [0.25, 0.3) is 33.3 Å². The fourth-order valence-electron chi connectivity index (χ4n) is 3.91. The van der Waals surface area contributed by atoms with Crippen molar-refractivity contribution in [1.82, 2.24) is 14.8 Å². The van der Waals surface area contributed by atoms with Gasteiger partial charge in [-0.1, -0.05) is 48.5 Å². The summed E-state index contributed by atoms with van der Waals surface area (Å²) in [7, 11) is 0. The Hall–Kier alpha value is -2.94. The Morgan fingerprint density at radius 2 is 1.76 bits per heavy atom. The molecule has 1 aliphatic heterocycles. The van der Waals surface area contributed by atoms with Crippen LogP contribution in [0, 0.1) is 6.92 Å². The smallest absolute Gasteiger partial charge is 0.119 e. The van der Waals surface area contributed by atoms with E-state index in [2.05, 4.69) is 59.3 Å². The van der Waals surface area contributed by atoms with Crippen molar-refractivity contribution < 1.29 is 0 Å². The highest BCUT2D eigenvalue weighted by atomic mass is 15.3.